The lowest BCUT2D eigenvalue weighted by molar-refractivity contribution is 0.211. The van der Waals surface area contributed by atoms with Gasteiger partial charge in [-0.25, -0.2) is 0 Å². The molecule has 0 aromatic carbocycles. The molecule has 2 fully saturated rings. The lowest BCUT2D eigenvalue weighted by Crippen LogP contribution is -2.36. The molecule has 5 heteroatoms. The fourth-order valence-corrected chi connectivity index (χ4v) is 4.50. The van der Waals surface area contributed by atoms with E-state index in [0.29, 0.717) is 0 Å². The summed E-state index contributed by atoms with van der Waals surface area (Å²) in [6.07, 6.45) is 5.06. The van der Waals surface area contributed by atoms with E-state index in [0.717, 1.165) is 25.6 Å². The molecule has 3 heterocycles. The molecule has 0 spiro atoms. The van der Waals surface area contributed by atoms with E-state index in [1.54, 1.807) is 0 Å². The van der Waals surface area contributed by atoms with Gasteiger partial charge in [0.15, 0.2) is 0 Å². The summed E-state index contributed by atoms with van der Waals surface area (Å²) in [5, 5.41) is 4.73. The Morgan fingerprint density at radius 2 is 2.00 bits per heavy atom. The number of hydrogen-bond donors (Lipinski definition) is 0. The summed E-state index contributed by atoms with van der Waals surface area (Å²) < 4.78 is 3.42. The smallest absolute Gasteiger partial charge is 0.0767 e. The van der Waals surface area contributed by atoms with Crippen LogP contribution in [0.5, 0.6) is 0 Å². The molecule has 3 rings (SSSR count). The van der Waals surface area contributed by atoms with E-state index in [9.17, 15) is 0 Å². The number of fused-ring (bicyclic) bond motifs is 1. The highest BCUT2D eigenvalue weighted by Gasteiger charge is 2.29. The summed E-state index contributed by atoms with van der Waals surface area (Å²) >= 11 is 3.79. The van der Waals surface area contributed by atoms with E-state index in [2.05, 4.69) is 44.3 Å². The molecule has 2 aliphatic heterocycles. The maximum atomic E-state index is 4.73. The van der Waals surface area contributed by atoms with Crippen molar-refractivity contribution >= 4 is 15.9 Å². The molecule has 0 saturated carbocycles. The SMILES string of the molecule is CCc1nn(CC)c(CN2CCCN3CCCC3C2)c1Br. The first-order chi connectivity index (χ1) is 10.2. The molecule has 2 saturated heterocycles. The molecule has 1 aromatic heterocycles. The number of nitrogens with zero attached hydrogens (tertiary/aromatic N) is 4. The van der Waals surface area contributed by atoms with Crippen LogP contribution >= 0.6 is 15.9 Å². The maximum Gasteiger partial charge on any atom is 0.0767 e. The van der Waals surface area contributed by atoms with Gasteiger partial charge >= 0.3 is 0 Å². The third-order valence-electron chi connectivity index (χ3n) is 4.96. The first kappa shape index (κ1) is 15.5. The first-order valence-electron chi connectivity index (χ1n) is 8.43. The number of rotatable bonds is 4. The van der Waals surface area contributed by atoms with Crippen molar-refractivity contribution in [3.8, 4) is 0 Å². The van der Waals surface area contributed by atoms with Crippen molar-refractivity contribution in [2.75, 3.05) is 26.2 Å². The molecule has 2 aliphatic rings. The number of aryl methyl sites for hydroxylation is 2. The molecule has 0 aliphatic carbocycles. The third kappa shape index (κ3) is 3.20. The van der Waals surface area contributed by atoms with Gasteiger partial charge in [0.05, 0.1) is 15.9 Å². The average Bonchev–Trinajstić information content (AvgIpc) is 2.99. The number of aromatic nitrogens is 2. The second-order valence-electron chi connectivity index (χ2n) is 6.30. The minimum atomic E-state index is 0.787. The van der Waals surface area contributed by atoms with Crippen LogP contribution in [0, 0.1) is 0 Å². The van der Waals surface area contributed by atoms with Crippen LogP contribution in [-0.4, -0.2) is 51.8 Å². The van der Waals surface area contributed by atoms with Crippen LogP contribution in [-0.2, 0) is 19.5 Å². The van der Waals surface area contributed by atoms with Gasteiger partial charge in [-0.05, 0) is 68.2 Å². The second kappa shape index (κ2) is 6.80. The molecule has 1 aromatic rings. The van der Waals surface area contributed by atoms with Crippen LogP contribution in [0.25, 0.3) is 0 Å². The zero-order valence-corrected chi connectivity index (χ0v) is 14.9. The van der Waals surface area contributed by atoms with Gasteiger partial charge in [0, 0.05) is 25.7 Å². The van der Waals surface area contributed by atoms with Crippen LogP contribution in [0.1, 0.15) is 44.5 Å². The Kier molecular flexibility index (Phi) is 5.02. The average molecular weight is 355 g/mol. The fourth-order valence-electron chi connectivity index (χ4n) is 3.81. The van der Waals surface area contributed by atoms with Crippen molar-refractivity contribution in [2.24, 2.45) is 0 Å². The number of hydrogen-bond acceptors (Lipinski definition) is 3. The van der Waals surface area contributed by atoms with Crippen LogP contribution in [0.2, 0.25) is 0 Å². The van der Waals surface area contributed by atoms with Gasteiger partial charge in [0.25, 0.3) is 0 Å². The Morgan fingerprint density at radius 1 is 1.19 bits per heavy atom. The Balaban J connectivity index is 1.75. The van der Waals surface area contributed by atoms with E-state index in [4.69, 9.17) is 5.10 Å². The molecule has 4 nitrogen and oxygen atoms in total. The molecule has 118 valence electrons. The normalized spacial score (nSPS) is 24.2. The van der Waals surface area contributed by atoms with Crippen molar-refractivity contribution in [3.63, 3.8) is 0 Å². The summed E-state index contributed by atoms with van der Waals surface area (Å²) in [7, 11) is 0. The Hall–Kier alpha value is -0.390. The molecule has 21 heavy (non-hydrogen) atoms. The largest absolute Gasteiger partial charge is 0.299 e. The van der Waals surface area contributed by atoms with Crippen LogP contribution < -0.4 is 0 Å². The highest BCUT2D eigenvalue weighted by Crippen LogP contribution is 2.26. The van der Waals surface area contributed by atoms with Crippen LogP contribution in [0.15, 0.2) is 4.47 Å². The highest BCUT2D eigenvalue weighted by atomic mass is 79.9. The molecule has 0 N–H and O–H groups in total. The fraction of sp³-hybridized carbons (Fsp3) is 0.812. The lowest BCUT2D eigenvalue weighted by atomic mass is 10.2. The molecule has 0 amide bonds. The van der Waals surface area contributed by atoms with Gasteiger partial charge < -0.3 is 0 Å². The molecular weight excluding hydrogens is 328 g/mol. The van der Waals surface area contributed by atoms with Crippen LogP contribution in [0.3, 0.4) is 0 Å². The standard InChI is InChI=1S/C16H27BrN4/c1-3-14-16(17)15(21(4-2)18-14)12-19-8-6-10-20-9-5-7-13(20)11-19/h13H,3-12H2,1-2H3. The minimum absolute atomic E-state index is 0.787. The zero-order valence-electron chi connectivity index (χ0n) is 13.3. The molecule has 1 unspecified atom stereocenters. The maximum absolute atomic E-state index is 4.73. The summed E-state index contributed by atoms with van der Waals surface area (Å²) in [4.78, 5) is 5.34. The van der Waals surface area contributed by atoms with Gasteiger partial charge in [-0.1, -0.05) is 6.92 Å². The van der Waals surface area contributed by atoms with Crippen LogP contribution in [0.4, 0.5) is 0 Å². The Bertz CT molecular complexity index is 485. The molecule has 0 bridgehead atoms. The Morgan fingerprint density at radius 3 is 2.76 bits per heavy atom. The van der Waals surface area contributed by atoms with Gasteiger partial charge in [-0.15, -0.1) is 0 Å². The van der Waals surface area contributed by atoms with Crippen molar-refractivity contribution < 1.29 is 0 Å². The van der Waals surface area contributed by atoms with Crippen molar-refractivity contribution in [1.29, 1.82) is 0 Å². The van der Waals surface area contributed by atoms with Crippen molar-refractivity contribution in [3.05, 3.63) is 15.9 Å². The second-order valence-corrected chi connectivity index (χ2v) is 7.09. The van der Waals surface area contributed by atoms with Gasteiger partial charge in [-0.3, -0.25) is 14.5 Å². The van der Waals surface area contributed by atoms with Crippen molar-refractivity contribution in [2.45, 2.75) is 58.7 Å². The zero-order chi connectivity index (χ0) is 14.8. The molecule has 1 atom stereocenters. The third-order valence-corrected chi connectivity index (χ3v) is 5.87. The van der Waals surface area contributed by atoms with Crippen molar-refractivity contribution in [1.82, 2.24) is 19.6 Å². The summed E-state index contributed by atoms with van der Waals surface area (Å²) in [5.74, 6) is 0. The minimum Gasteiger partial charge on any atom is -0.299 e. The van der Waals surface area contributed by atoms with Gasteiger partial charge in [0.1, 0.15) is 0 Å². The first-order valence-corrected chi connectivity index (χ1v) is 9.22. The monoisotopic (exact) mass is 354 g/mol. The summed E-state index contributed by atoms with van der Waals surface area (Å²) in [5.41, 5.74) is 2.56. The van der Waals surface area contributed by atoms with E-state index in [1.165, 1.54) is 61.3 Å². The van der Waals surface area contributed by atoms with Gasteiger partial charge in [0.2, 0.25) is 0 Å². The Labute approximate surface area is 136 Å². The van der Waals surface area contributed by atoms with E-state index < -0.39 is 0 Å². The predicted molar refractivity (Wildman–Crippen MR) is 89.5 cm³/mol. The molecular formula is C16H27BrN4. The topological polar surface area (TPSA) is 24.3 Å². The summed E-state index contributed by atoms with van der Waals surface area (Å²) in [6, 6.07) is 0.787. The van der Waals surface area contributed by atoms with E-state index in [1.807, 2.05) is 0 Å². The highest BCUT2D eigenvalue weighted by molar-refractivity contribution is 9.10. The summed E-state index contributed by atoms with van der Waals surface area (Å²) in [6.45, 7) is 11.4. The molecule has 0 radical (unpaired) electrons. The van der Waals surface area contributed by atoms with E-state index in [-0.39, 0.29) is 0 Å². The van der Waals surface area contributed by atoms with Gasteiger partial charge in [-0.2, -0.15) is 5.10 Å². The van der Waals surface area contributed by atoms with E-state index >= 15 is 0 Å². The lowest BCUT2D eigenvalue weighted by Gasteiger charge is -2.25. The number of halogens is 1. The predicted octanol–water partition coefficient (Wildman–Crippen LogP) is 2.90. The quantitative estimate of drug-likeness (QED) is 0.830.